The number of rotatable bonds is 9. The van der Waals surface area contributed by atoms with E-state index < -0.39 is 33.2 Å². The first-order valence-electron chi connectivity index (χ1n) is 6.36. The smallest absolute Gasteiger partial charge is 0.269 e. The number of amides is 1. The van der Waals surface area contributed by atoms with Crippen LogP contribution in [0.1, 0.15) is 12.0 Å². The van der Waals surface area contributed by atoms with Gasteiger partial charge >= 0.3 is 0 Å². The van der Waals surface area contributed by atoms with Gasteiger partial charge in [-0.25, -0.2) is 8.42 Å². The number of non-ortho nitro benzene ring substituents is 1. The van der Waals surface area contributed by atoms with Crippen LogP contribution in [0.4, 0.5) is 5.69 Å². The lowest BCUT2D eigenvalue weighted by Crippen LogP contribution is -2.39. The third-order valence-electron chi connectivity index (χ3n) is 2.76. The first-order valence-corrected chi connectivity index (χ1v) is 7.97. The highest BCUT2D eigenvalue weighted by Crippen LogP contribution is 2.17. The Morgan fingerprint density at radius 3 is 2.64 bits per heavy atom. The minimum absolute atomic E-state index is 0.0588. The van der Waals surface area contributed by atoms with E-state index in [-0.39, 0.29) is 30.8 Å². The number of benzene rings is 1. The predicted octanol–water partition coefficient (Wildman–Crippen LogP) is -0.406. The molecule has 0 bridgehead atoms. The van der Waals surface area contributed by atoms with Crippen molar-refractivity contribution in [3.8, 4) is 0 Å². The zero-order chi connectivity index (χ0) is 16.8. The van der Waals surface area contributed by atoms with E-state index in [9.17, 15) is 23.3 Å². The number of carbonyl (C=O) groups excluding carboxylic acids is 1. The number of nitrogens with zero attached hydrogens (tertiary/aromatic N) is 2. The minimum Gasteiger partial charge on any atom is -0.396 e. The van der Waals surface area contributed by atoms with Crippen LogP contribution in [0.2, 0.25) is 0 Å². The van der Waals surface area contributed by atoms with Gasteiger partial charge in [0.15, 0.2) is 0 Å². The Bertz CT molecular complexity index is 646. The fraction of sp³-hybridized carbons (Fsp3) is 0.417. The van der Waals surface area contributed by atoms with Gasteiger partial charge < -0.3 is 10.8 Å². The lowest BCUT2D eigenvalue weighted by molar-refractivity contribution is -0.384. The summed E-state index contributed by atoms with van der Waals surface area (Å²) < 4.78 is 25.4. The minimum atomic E-state index is -3.89. The van der Waals surface area contributed by atoms with E-state index >= 15 is 0 Å². The number of nitro benzene ring substituents is 1. The van der Waals surface area contributed by atoms with Crippen LogP contribution in [0.15, 0.2) is 24.3 Å². The second kappa shape index (κ2) is 7.82. The van der Waals surface area contributed by atoms with Crippen LogP contribution in [0.5, 0.6) is 0 Å². The molecule has 0 aromatic heterocycles. The van der Waals surface area contributed by atoms with Crippen molar-refractivity contribution in [2.24, 2.45) is 5.73 Å². The molecule has 3 N–H and O–H groups in total. The van der Waals surface area contributed by atoms with Crippen molar-refractivity contribution in [2.45, 2.75) is 12.2 Å². The summed E-state index contributed by atoms with van der Waals surface area (Å²) in [6.07, 6.45) is 0.154. The van der Waals surface area contributed by atoms with E-state index in [4.69, 9.17) is 10.8 Å². The fourth-order valence-corrected chi connectivity index (χ4v) is 3.31. The highest BCUT2D eigenvalue weighted by Gasteiger charge is 2.24. The summed E-state index contributed by atoms with van der Waals surface area (Å²) in [6.45, 7) is -0.796. The molecule has 0 unspecified atom stereocenters. The van der Waals surface area contributed by atoms with Crippen LogP contribution in [0, 0.1) is 10.1 Å². The van der Waals surface area contributed by atoms with Gasteiger partial charge in [-0.05, 0) is 12.0 Å². The molecule has 0 aliphatic rings. The first kappa shape index (κ1) is 18.0. The molecule has 0 heterocycles. The molecule has 10 heteroatoms. The molecule has 1 aromatic carbocycles. The maximum absolute atomic E-state index is 12.3. The Morgan fingerprint density at radius 1 is 1.41 bits per heavy atom. The summed E-state index contributed by atoms with van der Waals surface area (Å²) in [4.78, 5) is 21.1. The summed E-state index contributed by atoms with van der Waals surface area (Å²) in [5.41, 5.74) is 5.03. The monoisotopic (exact) mass is 331 g/mol. The Kier molecular flexibility index (Phi) is 6.40. The molecule has 22 heavy (non-hydrogen) atoms. The number of nitrogens with two attached hydrogens (primary N) is 1. The van der Waals surface area contributed by atoms with Crippen LogP contribution in [0.25, 0.3) is 0 Å². The number of carbonyl (C=O) groups is 1. The molecule has 1 rings (SSSR count). The lowest BCUT2D eigenvalue weighted by atomic mass is 10.2. The SMILES string of the molecule is NC(=O)CN(CCCO)S(=O)(=O)Cc1cccc([N+](=O)[O-])c1. The molecule has 0 atom stereocenters. The van der Waals surface area contributed by atoms with Crippen LogP contribution in [-0.2, 0) is 20.6 Å². The number of nitro groups is 1. The molecule has 1 aromatic rings. The summed E-state index contributed by atoms with van der Waals surface area (Å²) in [7, 11) is -3.89. The number of sulfonamides is 1. The predicted molar refractivity (Wildman–Crippen MR) is 78.2 cm³/mol. The van der Waals surface area contributed by atoms with E-state index in [1.807, 2.05) is 0 Å². The molecule has 0 aliphatic heterocycles. The summed E-state index contributed by atoms with van der Waals surface area (Å²) in [6, 6.07) is 5.24. The highest BCUT2D eigenvalue weighted by atomic mass is 32.2. The quantitative estimate of drug-likeness (QED) is 0.465. The molecule has 0 radical (unpaired) electrons. The zero-order valence-corrected chi connectivity index (χ0v) is 12.5. The molecule has 1 amide bonds. The van der Waals surface area contributed by atoms with E-state index in [0.717, 1.165) is 10.4 Å². The molecule has 0 saturated carbocycles. The first-order chi connectivity index (χ1) is 10.3. The zero-order valence-electron chi connectivity index (χ0n) is 11.7. The Morgan fingerprint density at radius 2 is 2.09 bits per heavy atom. The summed E-state index contributed by atoms with van der Waals surface area (Å²) >= 11 is 0. The molecule has 0 spiro atoms. The molecule has 0 fully saturated rings. The summed E-state index contributed by atoms with van der Waals surface area (Å²) in [5.74, 6) is -1.31. The van der Waals surface area contributed by atoms with Crippen molar-refractivity contribution in [2.75, 3.05) is 19.7 Å². The van der Waals surface area contributed by atoms with Crippen LogP contribution < -0.4 is 5.73 Å². The fourth-order valence-electron chi connectivity index (χ4n) is 1.80. The lowest BCUT2D eigenvalue weighted by Gasteiger charge is -2.20. The molecule has 0 saturated heterocycles. The maximum Gasteiger partial charge on any atom is 0.269 e. The largest absolute Gasteiger partial charge is 0.396 e. The average Bonchev–Trinajstić information content (AvgIpc) is 2.42. The van der Waals surface area contributed by atoms with Crippen molar-refractivity contribution >= 4 is 21.6 Å². The van der Waals surface area contributed by atoms with Gasteiger partial charge in [-0.1, -0.05) is 12.1 Å². The van der Waals surface area contributed by atoms with E-state index in [1.165, 1.54) is 18.2 Å². The van der Waals surface area contributed by atoms with Gasteiger partial charge in [-0.15, -0.1) is 0 Å². The van der Waals surface area contributed by atoms with E-state index in [1.54, 1.807) is 0 Å². The highest BCUT2D eigenvalue weighted by molar-refractivity contribution is 7.88. The number of aliphatic hydroxyl groups excluding tert-OH is 1. The molecular weight excluding hydrogens is 314 g/mol. The van der Waals surface area contributed by atoms with Gasteiger partial charge in [0.1, 0.15) is 0 Å². The summed E-state index contributed by atoms with van der Waals surface area (Å²) in [5, 5.41) is 19.5. The Balaban J connectivity index is 2.97. The maximum atomic E-state index is 12.3. The normalized spacial score (nSPS) is 11.5. The second-order valence-electron chi connectivity index (χ2n) is 4.56. The van der Waals surface area contributed by atoms with Crippen molar-refractivity contribution in [1.29, 1.82) is 0 Å². The van der Waals surface area contributed by atoms with E-state index in [0.29, 0.717) is 0 Å². The van der Waals surface area contributed by atoms with E-state index in [2.05, 4.69) is 0 Å². The van der Waals surface area contributed by atoms with Crippen molar-refractivity contribution < 1.29 is 23.2 Å². The number of aliphatic hydroxyl groups is 1. The van der Waals surface area contributed by atoms with Gasteiger partial charge in [0, 0.05) is 25.3 Å². The number of hydrogen-bond donors (Lipinski definition) is 2. The number of hydrogen-bond acceptors (Lipinski definition) is 6. The molecular formula is C12H17N3O6S. The third kappa shape index (κ3) is 5.39. The standard InChI is InChI=1S/C12H17N3O6S/c13-12(17)8-14(5-2-6-16)22(20,21)9-10-3-1-4-11(7-10)15(18)19/h1,3-4,7,16H,2,5-6,8-9H2,(H2,13,17). The topological polar surface area (TPSA) is 144 Å². The Labute approximate surface area is 127 Å². The van der Waals surface area contributed by atoms with Crippen molar-refractivity contribution in [3.05, 3.63) is 39.9 Å². The van der Waals surface area contributed by atoms with Gasteiger partial charge in [0.05, 0.1) is 17.2 Å². The van der Waals surface area contributed by atoms with Gasteiger partial charge in [-0.2, -0.15) is 4.31 Å². The molecule has 122 valence electrons. The number of primary amides is 1. The van der Waals surface area contributed by atoms with Crippen molar-refractivity contribution in [1.82, 2.24) is 4.31 Å². The van der Waals surface area contributed by atoms with Crippen LogP contribution in [-0.4, -0.2) is 48.4 Å². The van der Waals surface area contributed by atoms with Gasteiger partial charge in [0.25, 0.3) is 5.69 Å². The Hall–Kier alpha value is -2.04. The second-order valence-corrected chi connectivity index (χ2v) is 6.53. The molecule has 0 aliphatic carbocycles. The van der Waals surface area contributed by atoms with Gasteiger partial charge in [0.2, 0.25) is 15.9 Å². The van der Waals surface area contributed by atoms with Crippen LogP contribution >= 0.6 is 0 Å². The van der Waals surface area contributed by atoms with Crippen molar-refractivity contribution in [3.63, 3.8) is 0 Å². The molecule has 9 nitrogen and oxygen atoms in total. The third-order valence-corrected chi connectivity index (χ3v) is 4.56. The van der Waals surface area contributed by atoms with Gasteiger partial charge in [-0.3, -0.25) is 14.9 Å². The average molecular weight is 331 g/mol. The van der Waals surface area contributed by atoms with Crippen LogP contribution in [0.3, 0.4) is 0 Å².